The van der Waals surface area contributed by atoms with Gasteiger partial charge >= 0.3 is 10.1 Å². The minimum atomic E-state index is -4.81. The zero-order valence-corrected chi connectivity index (χ0v) is 5.54. The van der Waals surface area contributed by atoms with Crippen molar-refractivity contribution in [2.45, 2.75) is 6.04 Å². The smallest absolute Gasteiger partial charge is 0.315 e. The van der Waals surface area contributed by atoms with Gasteiger partial charge in [-0.15, -0.1) is 0 Å². The number of hydrogen-bond acceptors (Lipinski definition) is 5. The zero-order chi connectivity index (χ0) is 8.36. The molecule has 0 aromatic rings. The summed E-state index contributed by atoms with van der Waals surface area (Å²) in [6, 6.07) is -1.80. The molecule has 0 fully saturated rings. The number of aldehydes is 1. The lowest BCUT2D eigenvalue weighted by Gasteiger charge is -1.96. The van der Waals surface area contributed by atoms with Gasteiger partial charge in [-0.3, -0.25) is 9.35 Å². The molecule has 0 heterocycles. The van der Waals surface area contributed by atoms with Crippen LogP contribution in [-0.4, -0.2) is 30.4 Å². The summed E-state index contributed by atoms with van der Waals surface area (Å²) in [6.07, 6.45) is -0.0733. The average Bonchev–Trinajstić information content (AvgIpc) is 1.83. The molecule has 1 atom stereocenters. The topological polar surface area (TPSA) is 115 Å². The van der Waals surface area contributed by atoms with Crippen LogP contribution < -0.4 is 5.73 Å². The molecule has 0 radical (unpaired) electrons. The van der Waals surface area contributed by atoms with Crippen molar-refractivity contribution < 1.29 is 22.6 Å². The van der Waals surface area contributed by atoms with Crippen molar-refractivity contribution in [1.82, 2.24) is 0 Å². The van der Waals surface area contributed by atoms with E-state index in [1.54, 1.807) is 0 Å². The molecule has 3 N–H and O–H groups in total. The first-order valence-electron chi connectivity index (χ1n) is 2.12. The molecule has 0 bridgehead atoms. The van der Waals surface area contributed by atoms with Gasteiger partial charge in [0.05, 0.1) is 0 Å². The molecule has 1 unspecified atom stereocenters. The lowest BCUT2D eigenvalue weighted by Crippen LogP contribution is -2.36. The molecule has 58 valence electrons. The first-order chi connectivity index (χ1) is 4.39. The number of carbonyl (C=O) groups excluding carboxylic acids is 2. The molecule has 0 aliphatic rings. The van der Waals surface area contributed by atoms with Gasteiger partial charge in [0.25, 0.3) is 5.12 Å². The molecule has 0 spiro atoms. The molecule has 0 rings (SSSR count). The van der Waals surface area contributed by atoms with Crippen LogP contribution in [0.25, 0.3) is 0 Å². The minimum Gasteiger partial charge on any atom is -0.315 e. The summed E-state index contributed by atoms with van der Waals surface area (Å²) in [4.78, 5) is 19.9. The Morgan fingerprint density at radius 1 is 1.60 bits per heavy atom. The van der Waals surface area contributed by atoms with Crippen LogP contribution in [0.3, 0.4) is 0 Å². The molecule has 0 amide bonds. The Morgan fingerprint density at radius 2 is 2.00 bits per heavy atom. The lowest BCUT2D eigenvalue weighted by molar-refractivity contribution is -0.118. The first kappa shape index (κ1) is 9.21. The third-order valence-electron chi connectivity index (χ3n) is 0.673. The third-order valence-corrected chi connectivity index (χ3v) is 1.45. The van der Waals surface area contributed by atoms with Crippen LogP contribution in [-0.2, 0) is 19.7 Å². The van der Waals surface area contributed by atoms with E-state index in [0.29, 0.717) is 0 Å². The van der Waals surface area contributed by atoms with Crippen LogP contribution in [0.15, 0.2) is 0 Å². The highest BCUT2D eigenvalue weighted by Gasteiger charge is 2.25. The van der Waals surface area contributed by atoms with E-state index in [9.17, 15) is 18.0 Å². The van der Waals surface area contributed by atoms with Gasteiger partial charge in [0.2, 0.25) is 0 Å². The van der Waals surface area contributed by atoms with Crippen LogP contribution in [0.5, 0.6) is 0 Å². The van der Waals surface area contributed by atoms with Crippen LogP contribution in [0.4, 0.5) is 0 Å². The van der Waals surface area contributed by atoms with Crippen molar-refractivity contribution in [3.05, 3.63) is 0 Å². The van der Waals surface area contributed by atoms with Crippen LogP contribution in [0, 0.1) is 0 Å². The Balaban J connectivity index is 4.55. The van der Waals surface area contributed by atoms with E-state index in [-0.39, 0.29) is 6.29 Å². The fourth-order valence-electron chi connectivity index (χ4n) is 0.228. The molecule has 0 aromatic carbocycles. The quantitative estimate of drug-likeness (QED) is 0.277. The summed E-state index contributed by atoms with van der Waals surface area (Å²) in [7, 11) is -4.81. The fourth-order valence-corrected chi connectivity index (χ4v) is 0.627. The van der Waals surface area contributed by atoms with Gasteiger partial charge in [-0.2, -0.15) is 8.42 Å². The maximum Gasteiger partial charge on any atom is 0.330 e. The van der Waals surface area contributed by atoms with Crippen molar-refractivity contribution >= 4 is 21.5 Å². The number of carbonyl (C=O) groups is 2. The van der Waals surface area contributed by atoms with E-state index in [2.05, 4.69) is 5.73 Å². The number of hydrogen-bond donors (Lipinski definition) is 2. The Hall–Kier alpha value is -0.790. The molecule has 0 aromatic heterocycles. The minimum absolute atomic E-state index is 0.0733. The standard InChI is InChI=1S/C3H5NO5S/c4-2(1-5)3(6)10(7,8)9/h1-2H,4H2,(H,7,8,9). The summed E-state index contributed by atoms with van der Waals surface area (Å²) in [5, 5.41) is -1.69. The highest BCUT2D eigenvalue weighted by Crippen LogP contribution is 1.87. The Kier molecular flexibility index (Phi) is 2.64. The Labute approximate surface area is 56.8 Å². The van der Waals surface area contributed by atoms with Crippen LogP contribution in [0.2, 0.25) is 0 Å². The zero-order valence-electron chi connectivity index (χ0n) is 4.72. The molecule has 0 saturated heterocycles. The highest BCUT2D eigenvalue weighted by molar-refractivity contribution is 8.01. The maximum absolute atomic E-state index is 10.2. The van der Waals surface area contributed by atoms with E-state index >= 15 is 0 Å². The molecule has 0 saturated carbocycles. The predicted molar refractivity (Wildman–Crippen MR) is 30.6 cm³/mol. The van der Waals surface area contributed by atoms with E-state index in [1.165, 1.54) is 0 Å². The summed E-state index contributed by atoms with van der Waals surface area (Å²) in [5.41, 5.74) is 4.65. The molecule has 0 aliphatic carbocycles. The molecule has 7 heteroatoms. The van der Waals surface area contributed by atoms with Crippen LogP contribution >= 0.6 is 0 Å². The molecular weight excluding hydrogens is 162 g/mol. The average molecular weight is 167 g/mol. The Bertz CT molecular complexity index is 242. The lowest BCUT2D eigenvalue weighted by atomic mass is 10.4. The van der Waals surface area contributed by atoms with Gasteiger partial charge in [-0.25, -0.2) is 0 Å². The third kappa shape index (κ3) is 2.21. The van der Waals surface area contributed by atoms with Gasteiger partial charge < -0.3 is 10.5 Å². The SMILES string of the molecule is NC(C=O)C(=O)S(=O)(=O)O. The van der Waals surface area contributed by atoms with Crippen molar-refractivity contribution in [3.63, 3.8) is 0 Å². The largest absolute Gasteiger partial charge is 0.330 e. The molecule has 10 heavy (non-hydrogen) atoms. The maximum atomic E-state index is 10.2. The predicted octanol–water partition coefficient (Wildman–Crippen LogP) is -2.07. The van der Waals surface area contributed by atoms with Gasteiger partial charge in [0.15, 0.2) is 0 Å². The van der Waals surface area contributed by atoms with Crippen molar-refractivity contribution in [1.29, 1.82) is 0 Å². The summed E-state index contributed by atoms with van der Waals surface area (Å²) >= 11 is 0. The summed E-state index contributed by atoms with van der Waals surface area (Å²) < 4.78 is 27.8. The summed E-state index contributed by atoms with van der Waals surface area (Å²) in [6.45, 7) is 0. The van der Waals surface area contributed by atoms with E-state index < -0.39 is 21.3 Å². The fraction of sp³-hybridized carbons (Fsp3) is 0.333. The first-order valence-corrected chi connectivity index (χ1v) is 3.56. The molecule has 6 nitrogen and oxygen atoms in total. The second kappa shape index (κ2) is 2.86. The molecule has 0 aliphatic heterocycles. The van der Waals surface area contributed by atoms with Gasteiger partial charge in [-0.05, 0) is 0 Å². The van der Waals surface area contributed by atoms with E-state index in [0.717, 1.165) is 0 Å². The van der Waals surface area contributed by atoms with Crippen molar-refractivity contribution in [3.8, 4) is 0 Å². The van der Waals surface area contributed by atoms with E-state index in [4.69, 9.17) is 4.55 Å². The summed E-state index contributed by atoms with van der Waals surface area (Å²) in [5.74, 6) is 0. The number of rotatable bonds is 2. The highest BCUT2D eigenvalue weighted by atomic mass is 32.2. The van der Waals surface area contributed by atoms with Gasteiger partial charge in [-0.1, -0.05) is 0 Å². The van der Waals surface area contributed by atoms with Gasteiger partial charge in [0.1, 0.15) is 12.3 Å². The van der Waals surface area contributed by atoms with Crippen LogP contribution in [0.1, 0.15) is 0 Å². The monoisotopic (exact) mass is 167 g/mol. The second-order valence-electron chi connectivity index (χ2n) is 1.46. The Morgan fingerprint density at radius 3 is 2.10 bits per heavy atom. The van der Waals surface area contributed by atoms with Gasteiger partial charge in [0, 0.05) is 0 Å². The van der Waals surface area contributed by atoms with Crippen molar-refractivity contribution in [2.24, 2.45) is 5.73 Å². The second-order valence-corrected chi connectivity index (χ2v) is 2.81. The normalized spacial score (nSPS) is 14.2. The molecular formula is C3H5NO5S. The number of nitrogens with two attached hydrogens (primary N) is 1. The van der Waals surface area contributed by atoms with E-state index in [1.807, 2.05) is 0 Å². The van der Waals surface area contributed by atoms with Crippen molar-refractivity contribution in [2.75, 3.05) is 0 Å².